The summed E-state index contributed by atoms with van der Waals surface area (Å²) in [5.74, 6) is 0.717. The molecule has 0 spiro atoms. The van der Waals surface area contributed by atoms with Gasteiger partial charge in [-0.15, -0.1) is 0 Å². The van der Waals surface area contributed by atoms with Gasteiger partial charge in [-0.1, -0.05) is 41.9 Å². The Morgan fingerprint density at radius 2 is 1.37 bits per heavy atom. The molecule has 1 saturated heterocycles. The highest BCUT2D eigenvalue weighted by molar-refractivity contribution is 6.30. The standard InChI is InChI=1S/C28H23ClFN5/c29-21-6-10-24(11-7-21)35-18-25(20-4-2-1-3-5-20)26-27(31-19-32-28(26)35)34-16-14-33(15-17-34)23-12-8-22(30)9-13-23/h1-13,18-19H,14-17H2. The lowest BCUT2D eigenvalue weighted by Crippen LogP contribution is -2.46. The molecule has 5 aromatic rings. The number of piperazine rings is 1. The number of anilines is 2. The van der Waals surface area contributed by atoms with Gasteiger partial charge in [0.1, 0.15) is 18.0 Å². The van der Waals surface area contributed by atoms with Gasteiger partial charge in [0.05, 0.1) is 5.39 Å². The molecule has 5 nitrogen and oxygen atoms in total. The van der Waals surface area contributed by atoms with Crippen molar-refractivity contribution in [2.45, 2.75) is 0 Å². The summed E-state index contributed by atoms with van der Waals surface area (Å²) in [6.07, 6.45) is 3.78. The van der Waals surface area contributed by atoms with Gasteiger partial charge in [0.25, 0.3) is 0 Å². The highest BCUT2D eigenvalue weighted by Crippen LogP contribution is 2.37. The van der Waals surface area contributed by atoms with E-state index in [9.17, 15) is 4.39 Å². The maximum Gasteiger partial charge on any atom is 0.150 e. The van der Waals surface area contributed by atoms with Crippen molar-refractivity contribution >= 4 is 34.1 Å². The van der Waals surface area contributed by atoms with Gasteiger partial charge >= 0.3 is 0 Å². The van der Waals surface area contributed by atoms with Crippen LogP contribution in [0, 0.1) is 5.82 Å². The molecule has 3 aromatic carbocycles. The molecule has 35 heavy (non-hydrogen) atoms. The van der Waals surface area contributed by atoms with E-state index in [0.29, 0.717) is 5.02 Å². The molecular formula is C28H23ClFN5. The Morgan fingerprint density at radius 1 is 0.714 bits per heavy atom. The third kappa shape index (κ3) is 4.10. The fourth-order valence-electron chi connectivity index (χ4n) is 4.75. The summed E-state index contributed by atoms with van der Waals surface area (Å²) in [6, 6.07) is 24.8. The van der Waals surface area contributed by atoms with Crippen molar-refractivity contribution in [2.24, 2.45) is 0 Å². The minimum Gasteiger partial charge on any atom is -0.368 e. The van der Waals surface area contributed by atoms with Crippen molar-refractivity contribution in [2.75, 3.05) is 36.0 Å². The summed E-state index contributed by atoms with van der Waals surface area (Å²) >= 11 is 6.14. The number of benzene rings is 3. The Morgan fingerprint density at radius 3 is 2.09 bits per heavy atom. The average molecular weight is 484 g/mol. The minimum atomic E-state index is -0.214. The molecule has 0 N–H and O–H groups in total. The zero-order valence-corrected chi connectivity index (χ0v) is 19.7. The fourth-order valence-corrected chi connectivity index (χ4v) is 4.87. The zero-order chi connectivity index (χ0) is 23.8. The Bertz CT molecular complexity index is 1460. The van der Waals surface area contributed by atoms with Crippen LogP contribution in [0.2, 0.25) is 5.02 Å². The number of nitrogens with zero attached hydrogens (tertiary/aromatic N) is 5. The van der Waals surface area contributed by atoms with Gasteiger partial charge in [-0.3, -0.25) is 0 Å². The number of halogens is 2. The van der Waals surface area contributed by atoms with Crippen LogP contribution in [0.25, 0.3) is 27.8 Å². The van der Waals surface area contributed by atoms with Gasteiger partial charge in [-0.25, -0.2) is 14.4 Å². The first-order valence-electron chi connectivity index (χ1n) is 11.6. The zero-order valence-electron chi connectivity index (χ0n) is 19.0. The summed E-state index contributed by atoms with van der Waals surface area (Å²) < 4.78 is 15.5. The second kappa shape index (κ2) is 9.04. The molecule has 1 aliphatic rings. The van der Waals surface area contributed by atoms with Gasteiger partial charge in [0, 0.05) is 54.3 Å². The van der Waals surface area contributed by atoms with Crippen molar-refractivity contribution < 1.29 is 4.39 Å². The van der Waals surface area contributed by atoms with E-state index in [4.69, 9.17) is 21.6 Å². The van der Waals surface area contributed by atoms with Crippen molar-refractivity contribution in [3.05, 3.63) is 102 Å². The normalized spacial score (nSPS) is 14.0. The summed E-state index contributed by atoms with van der Waals surface area (Å²) in [5.41, 5.74) is 5.10. The molecule has 1 fully saturated rings. The molecule has 0 saturated carbocycles. The van der Waals surface area contributed by atoms with Gasteiger partial charge < -0.3 is 14.4 Å². The lowest BCUT2D eigenvalue weighted by atomic mass is 10.1. The smallest absolute Gasteiger partial charge is 0.150 e. The number of fused-ring (bicyclic) bond motifs is 1. The Balaban J connectivity index is 1.41. The number of hydrogen-bond acceptors (Lipinski definition) is 4. The van der Waals surface area contributed by atoms with Gasteiger partial charge in [0.2, 0.25) is 0 Å². The van der Waals surface area contributed by atoms with E-state index in [1.807, 2.05) is 54.6 Å². The van der Waals surface area contributed by atoms with E-state index >= 15 is 0 Å². The van der Waals surface area contributed by atoms with Crippen LogP contribution in [0.3, 0.4) is 0 Å². The van der Waals surface area contributed by atoms with E-state index in [2.05, 4.69) is 32.7 Å². The summed E-state index contributed by atoms with van der Waals surface area (Å²) in [6.45, 7) is 3.28. The average Bonchev–Trinajstić information content (AvgIpc) is 3.30. The van der Waals surface area contributed by atoms with E-state index in [1.165, 1.54) is 12.1 Å². The largest absolute Gasteiger partial charge is 0.368 e. The van der Waals surface area contributed by atoms with Crippen LogP contribution in [-0.4, -0.2) is 40.7 Å². The molecule has 0 aliphatic carbocycles. The second-order valence-electron chi connectivity index (χ2n) is 8.60. The van der Waals surface area contributed by atoms with Crippen LogP contribution in [0.1, 0.15) is 0 Å². The molecule has 3 heterocycles. The predicted molar refractivity (Wildman–Crippen MR) is 140 cm³/mol. The lowest BCUT2D eigenvalue weighted by Gasteiger charge is -2.37. The predicted octanol–water partition coefficient (Wildman–Crippen LogP) is 6.21. The minimum absolute atomic E-state index is 0.214. The number of rotatable bonds is 4. The van der Waals surface area contributed by atoms with E-state index in [0.717, 1.165) is 65.5 Å². The van der Waals surface area contributed by atoms with Gasteiger partial charge in [0.15, 0.2) is 5.65 Å². The molecule has 1 aliphatic heterocycles. The Labute approximate surface area is 208 Å². The highest BCUT2D eigenvalue weighted by Gasteiger charge is 2.24. The van der Waals surface area contributed by atoms with Crippen LogP contribution in [0.15, 0.2) is 91.4 Å². The van der Waals surface area contributed by atoms with Crippen LogP contribution in [0.4, 0.5) is 15.9 Å². The SMILES string of the molecule is Fc1ccc(N2CCN(c3ncnc4c3c(-c3ccccc3)cn4-c3ccc(Cl)cc3)CC2)cc1. The molecular weight excluding hydrogens is 461 g/mol. The first-order chi connectivity index (χ1) is 17.2. The Kier molecular flexibility index (Phi) is 5.58. The van der Waals surface area contributed by atoms with Crippen LogP contribution in [0.5, 0.6) is 0 Å². The van der Waals surface area contributed by atoms with Crippen molar-refractivity contribution in [1.82, 2.24) is 14.5 Å². The molecule has 0 radical (unpaired) electrons. The third-order valence-electron chi connectivity index (χ3n) is 6.52. The number of hydrogen-bond donors (Lipinski definition) is 0. The van der Waals surface area contributed by atoms with Crippen molar-refractivity contribution in [1.29, 1.82) is 0 Å². The first kappa shape index (κ1) is 21.6. The molecule has 7 heteroatoms. The maximum absolute atomic E-state index is 13.4. The van der Waals surface area contributed by atoms with Crippen molar-refractivity contribution in [3.8, 4) is 16.8 Å². The molecule has 6 rings (SSSR count). The van der Waals surface area contributed by atoms with E-state index in [-0.39, 0.29) is 5.82 Å². The van der Waals surface area contributed by atoms with E-state index in [1.54, 1.807) is 6.33 Å². The highest BCUT2D eigenvalue weighted by atomic mass is 35.5. The van der Waals surface area contributed by atoms with E-state index < -0.39 is 0 Å². The molecule has 0 atom stereocenters. The van der Waals surface area contributed by atoms with Crippen LogP contribution >= 0.6 is 11.6 Å². The van der Waals surface area contributed by atoms with Crippen molar-refractivity contribution in [3.63, 3.8) is 0 Å². The molecule has 0 amide bonds. The molecule has 0 bridgehead atoms. The molecule has 174 valence electrons. The molecule has 0 unspecified atom stereocenters. The topological polar surface area (TPSA) is 37.2 Å². The van der Waals surface area contributed by atoms with Crippen LogP contribution in [-0.2, 0) is 0 Å². The fraction of sp³-hybridized carbons (Fsp3) is 0.143. The van der Waals surface area contributed by atoms with Crippen LogP contribution < -0.4 is 9.80 Å². The summed E-state index contributed by atoms with van der Waals surface area (Å²) in [7, 11) is 0. The Hall–Kier alpha value is -3.90. The summed E-state index contributed by atoms with van der Waals surface area (Å²) in [5, 5.41) is 1.73. The monoisotopic (exact) mass is 483 g/mol. The lowest BCUT2D eigenvalue weighted by molar-refractivity contribution is 0.624. The van der Waals surface area contributed by atoms with Gasteiger partial charge in [-0.2, -0.15) is 0 Å². The van der Waals surface area contributed by atoms with Gasteiger partial charge in [-0.05, 0) is 54.1 Å². The number of aromatic nitrogens is 3. The summed E-state index contributed by atoms with van der Waals surface area (Å²) in [4.78, 5) is 14.1. The third-order valence-corrected chi connectivity index (χ3v) is 6.78. The first-order valence-corrected chi connectivity index (χ1v) is 12.0. The maximum atomic E-state index is 13.4. The molecule has 2 aromatic heterocycles. The second-order valence-corrected chi connectivity index (χ2v) is 9.04. The quantitative estimate of drug-likeness (QED) is 0.304.